The van der Waals surface area contributed by atoms with Gasteiger partial charge in [0.15, 0.2) is 4.96 Å². The molecule has 0 atom stereocenters. The van der Waals surface area contributed by atoms with E-state index < -0.39 is 5.97 Å². The van der Waals surface area contributed by atoms with Gasteiger partial charge < -0.3 is 5.11 Å². The van der Waals surface area contributed by atoms with Crippen LogP contribution in [-0.4, -0.2) is 20.5 Å². The van der Waals surface area contributed by atoms with E-state index in [4.69, 9.17) is 11.6 Å². The lowest BCUT2D eigenvalue weighted by Crippen LogP contribution is -2.00. The Morgan fingerprint density at radius 3 is 2.73 bits per heavy atom. The molecule has 0 saturated carbocycles. The number of aromatic carboxylic acids is 1. The van der Waals surface area contributed by atoms with Gasteiger partial charge in [-0.2, -0.15) is 0 Å². The number of imidazole rings is 1. The van der Waals surface area contributed by atoms with E-state index in [1.807, 2.05) is 43.4 Å². The zero-order valence-corrected chi connectivity index (χ0v) is 14.0. The molecule has 0 aliphatic rings. The molecule has 2 heterocycles. The summed E-state index contributed by atoms with van der Waals surface area (Å²) < 4.78 is 1.95. The van der Waals surface area contributed by atoms with E-state index in [9.17, 15) is 9.90 Å². The Kier molecular flexibility index (Phi) is 3.70. The third kappa shape index (κ3) is 2.21. The normalized spacial score (nSPS) is 11.3. The van der Waals surface area contributed by atoms with E-state index in [2.05, 4.69) is 4.98 Å². The third-order valence-electron chi connectivity index (χ3n) is 3.76. The average molecular weight is 335 g/mol. The number of aryl methyl sites for hydroxylation is 3. The summed E-state index contributed by atoms with van der Waals surface area (Å²) >= 11 is 7.30. The van der Waals surface area contributed by atoms with Crippen LogP contribution in [0, 0.1) is 13.8 Å². The minimum atomic E-state index is -0.904. The number of carboxylic acid groups (broad SMARTS) is 1. The first-order valence-corrected chi connectivity index (χ1v) is 8.14. The van der Waals surface area contributed by atoms with E-state index in [0.29, 0.717) is 9.84 Å². The standard InChI is InChI=1S/C16H15ClN2O2S/c1-4-12-13(10-5-6-11(17)8(2)7-10)18-16-19(12)9(3)14(22-16)15(20)21/h5-7H,4H2,1-3H3,(H,20,21). The van der Waals surface area contributed by atoms with Gasteiger partial charge in [0.05, 0.1) is 11.4 Å². The van der Waals surface area contributed by atoms with Gasteiger partial charge in [-0.15, -0.1) is 0 Å². The molecule has 0 aliphatic heterocycles. The second-order valence-corrected chi connectivity index (χ2v) is 6.55. The van der Waals surface area contributed by atoms with Crippen LogP contribution in [0.1, 0.15) is 33.5 Å². The second kappa shape index (κ2) is 5.41. The smallest absolute Gasteiger partial charge is 0.347 e. The Hall–Kier alpha value is -1.85. The zero-order chi connectivity index (χ0) is 16.0. The van der Waals surface area contributed by atoms with Crippen molar-refractivity contribution in [2.45, 2.75) is 27.2 Å². The van der Waals surface area contributed by atoms with Crippen LogP contribution in [0.3, 0.4) is 0 Å². The molecular formula is C16H15ClN2O2S. The number of halogens is 1. The maximum Gasteiger partial charge on any atom is 0.347 e. The second-order valence-electron chi connectivity index (χ2n) is 5.16. The van der Waals surface area contributed by atoms with Crippen LogP contribution >= 0.6 is 22.9 Å². The fourth-order valence-electron chi connectivity index (χ4n) is 2.66. The molecule has 0 fully saturated rings. The van der Waals surface area contributed by atoms with Gasteiger partial charge in [0.1, 0.15) is 4.88 Å². The lowest BCUT2D eigenvalue weighted by molar-refractivity contribution is 0.0701. The maximum atomic E-state index is 11.3. The largest absolute Gasteiger partial charge is 0.477 e. The number of carbonyl (C=O) groups is 1. The molecule has 4 nitrogen and oxygen atoms in total. The van der Waals surface area contributed by atoms with Gasteiger partial charge >= 0.3 is 5.97 Å². The Bertz CT molecular complexity index is 895. The Labute approximate surface area is 137 Å². The number of aromatic nitrogens is 2. The van der Waals surface area contributed by atoms with Crippen molar-refractivity contribution in [1.29, 1.82) is 0 Å². The maximum absolute atomic E-state index is 11.3. The predicted octanol–water partition coefficient (Wildman–Crippen LogP) is 4.59. The topological polar surface area (TPSA) is 54.6 Å². The number of nitrogens with zero attached hydrogens (tertiary/aromatic N) is 2. The van der Waals surface area contributed by atoms with Crippen molar-refractivity contribution in [1.82, 2.24) is 9.38 Å². The quantitative estimate of drug-likeness (QED) is 0.762. The number of carboxylic acids is 1. The van der Waals surface area contributed by atoms with Crippen LogP contribution < -0.4 is 0 Å². The van der Waals surface area contributed by atoms with E-state index >= 15 is 0 Å². The first kappa shape index (κ1) is 15.1. The first-order chi connectivity index (χ1) is 10.4. The van der Waals surface area contributed by atoms with Crippen molar-refractivity contribution in [2.24, 2.45) is 0 Å². The molecule has 22 heavy (non-hydrogen) atoms. The molecule has 114 valence electrons. The molecule has 3 rings (SSSR count). The molecule has 0 aliphatic carbocycles. The summed E-state index contributed by atoms with van der Waals surface area (Å²) in [5, 5.41) is 9.99. The minimum Gasteiger partial charge on any atom is -0.477 e. The van der Waals surface area contributed by atoms with Gasteiger partial charge in [0.25, 0.3) is 0 Å². The van der Waals surface area contributed by atoms with Crippen LogP contribution in [0.5, 0.6) is 0 Å². The lowest BCUT2D eigenvalue weighted by Gasteiger charge is -2.05. The molecule has 2 aromatic heterocycles. The summed E-state index contributed by atoms with van der Waals surface area (Å²) in [7, 11) is 0. The van der Waals surface area contributed by atoms with Gasteiger partial charge in [-0.05, 0) is 38.0 Å². The monoisotopic (exact) mass is 334 g/mol. The van der Waals surface area contributed by atoms with Crippen molar-refractivity contribution in [2.75, 3.05) is 0 Å². The molecule has 0 radical (unpaired) electrons. The van der Waals surface area contributed by atoms with Crippen molar-refractivity contribution < 1.29 is 9.90 Å². The fourth-order valence-corrected chi connectivity index (χ4v) is 3.76. The SMILES string of the molecule is CCc1c(-c2ccc(Cl)c(C)c2)nc2sc(C(=O)O)c(C)n12. The molecule has 0 spiro atoms. The van der Waals surface area contributed by atoms with Gasteiger partial charge in [0, 0.05) is 16.3 Å². The Morgan fingerprint density at radius 2 is 2.14 bits per heavy atom. The molecule has 3 aromatic rings. The number of hydrogen-bond donors (Lipinski definition) is 1. The first-order valence-electron chi connectivity index (χ1n) is 6.94. The van der Waals surface area contributed by atoms with Gasteiger partial charge in [-0.25, -0.2) is 9.78 Å². The van der Waals surface area contributed by atoms with E-state index in [-0.39, 0.29) is 0 Å². The van der Waals surface area contributed by atoms with E-state index in [1.165, 1.54) is 11.3 Å². The molecule has 0 amide bonds. The molecule has 6 heteroatoms. The molecule has 0 unspecified atom stereocenters. The molecule has 1 aromatic carbocycles. The van der Waals surface area contributed by atoms with Gasteiger partial charge in [-0.1, -0.05) is 35.9 Å². The zero-order valence-electron chi connectivity index (χ0n) is 12.5. The van der Waals surface area contributed by atoms with Crippen LogP contribution in [0.2, 0.25) is 5.02 Å². The summed E-state index contributed by atoms with van der Waals surface area (Å²) in [4.78, 5) is 17.0. The van der Waals surface area contributed by atoms with Crippen LogP contribution in [-0.2, 0) is 6.42 Å². The number of rotatable bonds is 3. The summed E-state index contributed by atoms with van der Waals surface area (Å²) in [6, 6.07) is 5.84. The van der Waals surface area contributed by atoms with E-state index in [1.54, 1.807) is 0 Å². The highest BCUT2D eigenvalue weighted by molar-refractivity contribution is 7.19. The predicted molar refractivity (Wildman–Crippen MR) is 89.3 cm³/mol. The van der Waals surface area contributed by atoms with Crippen molar-refractivity contribution in [3.8, 4) is 11.3 Å². The Balaban J connectivity index is 2.27. The molecule has 0 saturated heterocycles. The molecular weight excluding hydrogens is 320 g/mol. The Morgan fingerprint density at radius 1 is 1.41 bits per heavy atom. The third-order valence-corrected chi connectivity index (χ3v) is 5.31. The summed E-state index contributed by atoms with van der Waals surface area (Å²) in [5.74, 6) is -0.904. The van der Waals surface area contributed by atoms with Crippen molar-refractivity contribution >= 4 is 33.9 Å². The van der Waals surface area contributed by atoms with Crippen LogP contribution in [0.25, 0.3) is 16.2 Å². The van der Waals surface area contributed by atoms with E-state index in [0.717, 1.165) is 39.7 Å². The number of hydrogen-bond acceptors (Lipinski definition) is 3. The van der Waals surface area contributed by atoms with Crippen molar-refractivity contribution in [3.05, 3.63) is 45.1 Å². The highest BCUT2D eigenvalue weighted by Gasteiger charge is 2.21. The summed E-state index contributed by atoms with van der Waals surface area (Å²) in [6.45, 7) is 5.83. The highest BCUT2D eigenvalue weighted by Crippen LogP contribution is 2.32. The molecule has 0 bridgehead atoms. The summed E-state index contributed by atoms with van der Waals surface area (Å²) in [5.41, 5.74) is 4.66. The lowest BCUT2D eigenvalue weighted by atomic mass is 10.1. The van der Waals surface area contributed by atoms with Crippen LogP contribution in [0.15, 0.2) is 18.2 Å². The average Bonchev–Trinajstić information content (AvgIpc) is 2.99. The van der Waals surface area contributed by atoms with Crippen molar-refractivity contribution in [3.63, 3.8) is 0 Å². The minimum absolute atomic E-state index is 0.344. The summed E-state index contributed by atoms with van der Waals surface area (Å²) in [6.07, 6.45) is 0.773. The van der Waals surface area contributed by atoms with Gasteiger partial charge in [0.2, 0.25) is 0 Å². The number of fused-ring (bicyclic) bond motifs is 1. The number of thiazole rings is 1. The van der Waals surface area contributed by atoms with Crippen LogP contribution in [0.4, 0.5) is 0 Å². The molecule has 1 N–H and O–H groups in total. The van der Waals surface area contributed by atoms with Gasteiger partial charge in [-0.3, -0.25) is 4.40 Å². The highest BCUT2D eigenvalue weighted by atomic mass is 35.5. The fraction of sp³-hybridized carbons (Fsp3) is 0.250. The number of benzene rings is 1.